The Morgan fingerprint density at radius 1 is 1.07 bits per heavy atom. The van der Waals surface area contributed by atoms with Crippen LogP contribution in [0.3, 0.4) is 0 Å². The summed E-state index contributed by atoms with van der Waals surface area (Å²) in [7, 11) is 0. The molecule has 232 valence electrons. The SMILES string of the molecule is CC(C)(C)OC(=O)NCCOc1cccc(-c2cccc(CNCCC3CN(c4ccc5c(n4)NC(=O)CO5)C(=O)O3)c2)c1. The lowest BCUT2D eigenvalue weighted by Gasteiger charge is -2.19. The van der Waals surface area contributed by atoms with Crippen molar-refractivity contribution in [2.45, 2.75) is 45.4 Å². The number of benzene rings is 2. The standard InChI is InChI=1S/C32H37N5O7/c1-32(2,3)44-30(39)34-14-15-41-24-9-5-8-23(17-24)22-7-4-6-21(16-22)18-33-13-12-25-19-37(31(40)43-25)27-11-10-26-29(35-27)36-28(38)20-42-26/h4-11,16-17,25,33H,12-15,18-20H2,1-3H3,(H,34,39)(H,35,36,38). The molecule has 1 atom stereocenters. The number of alkyl carbamates (subject to hydrolysis) is 1. The van der Waals surface area contributed by atoms with Crippen molar-refractivity contribution >= 4 is 29.7 Å². The van der Waals surface area contributed by atoms with Gasteiger partial charge in [0, 0.05) is 6.54 Å². The zero-order valence-corrected chi connectivity index (χ0v) is 25.1. The fourth-order valence-electron chi connectivity index (χ4n) is 4.72. The predicted octanol–water partition coefficient (Wildman–Crippen LogP) is 4.49. The summed E-state index contributed by atoms with van der Waals surface area (Å²) in [5.41, 5.74) is 2.64. The number of carbonyl (C=O) groups is 3. The summed E-state index contributed by atoms with van der Waals surface area (Å²) in [6.07, 6.45) is -0.590. The Bertz CT molecular complexity index is 1510. The van der Waals surface area contributed by atoms with Crippen LogP contribution in [0.25, 0.3) is 11.1 Å². The number of hydrogen-bond donors (Lipinski definition) is 3. The first-order chi connectivity index (χ1) is 21.1. The van der Waals surface area contributed by atoms with Gasteiger partial charge in [0.25, 0.3) is 5.91 Å². The van der Waals surface area contributed by atoms with E-state index in [9.17, 15) is 14.4 Å². The summed E-state index contributed by atoms with van der Waals surface area (Å²) < 4.78 is 22.0. The summed E-state index contributed by atoms with van der Waals surface area (Å²) in [6.45, 7) is 7.71. The zero-order chi connectivity index (χ0) is 31.1. The van der Waals surface area contributed by atoms with Gasteiger partial charge in [-0.05, 0) is 80.8 Å². The third kappa shape index (κ3) is 8.38. The fourth-order valence-corrected chi connectivity index (χ4v) is 4.72. The number of ether oxygens (including phenoxy) is 4. The number of cyclic esters (lactones) is 1. The molecular formula is C32H37N5O7. The highest BCUT2D eigenvalue weighted by Gasteiger charge is 2.33. The molecule has 44 heavy (non-hydrogen) atoms. The molecule has 2 aromatic carbocycles. The molecule has 0 saturated carbocycles. The number of aromatic nitrogens is 1. The van der Waals surface area contributed by atoms with Crippen LogP contribution < -0.4 is 30.3 Å². The summed E-state index contributed by atoms with van der Waals surface area (Å²) in [4.78, 5) is 41.7. The molecule has 5 rings (SSSR count). The van der Waals surface area contributed by atoms with Gasteiger partial charge in [-0.3, -0.25) is 9.69 Å². The molecule has 0 bridgehead atoms. The van der Waals surface area contributed by atoms with Crippen molar-refractivity contribution in [3.63, 3.8) is 0 Å². The fraction of sp³-hybridized carbons (Fsp3) is 0.375. The topological polar surface area (TPSA) is 140 Å². The van der Waals surface area contributed by atoms with Gasteiger partial charge in [-0.15, -0.1) is 0 Å². The molecule has 1 aromatic heterocycles. The van der Waals surface area contributed by atoms with Crippen molar-refractivity contribution in [3.05, 3.63) is 66.2 Å². The number of rotatable bonds is 11. The highest BCUT2D eigenvalue weighted by Crippen LogP contribution is 2.30. The van der Waals surface area contributed by atoms with E-state index in [1.807, 2.05) is 57.2 Å². The Balaban J connectivity index is 1.06. The van der Waals surface area contributed by atoms with E-state index >= 15 is 0 Å². The summed E-state index contributed by atoms with van der Waals surface area (Å²) in [6, 6.07) is 19.4. The maximum absolute atomic E-state index is 12.5. The first kappa shape index (κ1) is 30.6. The minimum absolute atomic E-state index is 0.0562. The summed E-state index contributed by atoms with van der Waals surface area (Å²) in [5, 5.41) is 8.78. The Labute approximate surface area is 256 Å². The molecule has 0 spiro atoms. The van der Waals surface area contributed by atoms with Crippen molar-refractivity contribution in [2.24, 2.45) is 0 Å². The number of hydrogen-bond acceptors (Lipinski definition) is 9. The van der Waals surface area contributed by atoms with Gasteiger partial charge in [0.05, 0.1) is 13.1 Å². The van der Waals surface area contributed by atoms with E-state index in [2.05, 4.69) is 33.1 Å². The van der Waals surface area contributed by atoms with E-state index in [1.54, 1.807) is 12.1 Å². The second-order valence-corrected chi connectivity index (χ2v) is 11.4. The highest BCUT2D eigenvalue weighted by molar-refractivity contribution is 5.95. The third-order valence-corrected chi connectivity index (χ3v) is 6.72. The molecule has 1 saturated heterocycles. The molecule has 3 amide bonds. The lowest BCUT2D eigenvalue weighted by Crippen LogP contribution is -2.34. The lowest BCUT2D eigenvalue weighted by atomic mass is 10.0. The second-order valence-electron chi connectivity index (χ2n) is 11.4. The van der Waals surface area contributed by atoms with E-state index in [-0.39, 0.29) is 18.6 Å². The smallest absolute Gasteiger partial charge is 0.415 e. The van der Waals surface area contributed by atoms with Crippen LogP contribution in [0.4, 0.5) is 21.2 Å². The van der Waals surface area contributed by atoms with Gasteiger partial charge in [-0.2, -0.15) is 0 Å². The molecule has 2 aliphatic rings. The van der Waals surface area contributed by atoms with Crippen LogP contribution in [-0.4, -0.2) is 67.6 Å². The summed E-state index contributed by atoms with van der Waals surface area (Å²) in [5.74, 6) is 1.59. The van der Waals surface area contributed by atoms with E-state index in [0.717, 1.165) is 16.7 Å². The van der Waals surface area contributed by atoms with Crippen LogP contribution in [0.2, 0.25) is 0 Å². The van der Waals surface area contributed by atoms with Crippen molar-refractivity contribution in [1.29, 1.82) is 0 Å². The minimum Gasteiger partial charge on any atom is -0.492 e. The molecular weight excluding hydrogens is 566 g/mol. The molecule has 12 nitrogen and oxygen atoms in total. The average Bonchev–Trinajstić information content (AvgIpc) is 3.36. The Morgan fingerprint density at radius 2 is 1.86 bits per heavy atom. The van der Waals surface area contributed by atoms with Crippen LogP contribution in [0.1, 0.15) is 32.8 Å². The first-order valence-electron chi connectivity index (χ1n) is 14.5. The zero-order valence-electron chi connectivity index (χ0n) is 25.1. The van der Waals surface area contributed by atoms with Crippen LogP contribution in [0.5, 0.6) is 11.5 Å². The number of anilines is 2. The third-order valence-electron chi connectivity index (χ3n) is 6.72. The highest BCUT2D eigenvalue weighted by atomic mass is 16.6. The molecule has 3 aromatic rings. The second kappa shape index (κ2) is 13.6. The molecule has 0 aliphatic carbocycles. The van der Waals surface area contributed by atoms with Gasteiger partial charge in [0.15, 0.2) is 18.2 Å². The average molecular weight is 604 g/mol. The van der Waals surface area contributed by atoms with E-state index < -0.39 is 17.8 Å². The van der Waals surface area contributed by atoms with Gasteiger partial charge < -0.3 is 34.9 Å². The van der Waals surface area contributed by atoms with Crippen molar-refractivity contribution < 1.29 is 33.3 Å². The minimum atomic E-state index is -0.545. The Kier molecular flexibility index (Phi) is 9.49. The van der Waals surface area contributed by atoms with Crippen molar-refractivity contribution in [3.8, 4) is 22.6 Å². The molecule has 3 heterocycles. The maximum Gasteiger partial charge on any atom is 0.415 e. The predicted molar refractivity (Wildman–Crippen MR) is 164 cm³/mol. The number of pyridine rings is 1. The monoisotopic (exact) mass is 603 g/mol. The van der Waals surface area contributed by atoms with Gasteiger partial charge in [0.1, 0.15) is 29.9 Å². The van der Waals surface area contributed by atoms with Crippen molar-refractivity contribution in [2.75, 3.05) is 43.1 Å². The number of amides is 3. The normalized spacial score (nSPS) is 16.0. The van der Waals surface area contributed by atoms with Crippen molar-refractivity contribution in [1.82, 2.24) is 15.6 Å². The maximum atomic E-state index is 12.5. The van der Waals surface area contributed by atoms with Gasteiger partial charge in [0.2, 0.25) is 0 Å². The molecule has 1 unspecified atom stereocenters. The largest absolute Gasteiger partial charge is 0.492 e. The number of carbonyl (C=O) groups excluding carboxylic acids is 3. The molecule has 0 radical (unpaired) electrons. The van der Waals surface area contributed by atoms with Gasteiger partial charge in [-0.25, -0.2) is 14.6 Å². The number of nitrogens with zero attached hydrogens (tertiary/aromatic N) is 2. The van der Waals surface area contributed by atoms with E-state index in [0.29, 0.717) is 62.3 Å². The molecule has 3 N–H and O–H groups in total. The van der Waals surface area contributed by atoms with Crippen LogP contribution in [0, 0.1) is 0 Å². The number of nitrogens with one attached hydrogen (secondary N) is 3. The quantitative estimate of drug-likeness (QED) is 0.271. The molecule has 1 fully saturated rings. The number of fused-ring (bicyclic) bond motifs is 1. The van der Waals surface area contributed by atoms with Crippen LogP contribution >= 0.6 is 0 Å². The first-order valence-corrected chi connectivity index (χ1v) is 14.5. The van der Waals surface area contributed by atoms with E-state index in [1.165, 1.54) is 4.90 Å². The van der Waals surface area contributed by atoms with E-state index in [4.69, 9.17) is 18.9 Å². The lowest BCUT2D eigenvalue weighted by molar-refractivity contribution is -0.118. The van der Waals surface area contributed by atoms with Crippen LogP contribution in [0.15, 0.2) is 60.7 Å². The molecule has 2 aliphatic heterocycles. The van der Waals surface area contributed by atoms with Gasteiger partial charge >= 0.3 is 12.2 Å². The Morgan fingerprint density at radius 3 is 2.68 bits per heavy atom. The summed E-state index contributed by atoms with van der Waals surface area (Å²) >= 11 is 0. The van der Waals surface area contributed by atoms with Crippen LogP contribution in [-0.2, 0) is 20.8 Å². The Hall–Kier alpha value is -4.84. The van der Waals surface area contributed by atoms with Gasteiger partial charge in [-0.1, -0.05) is 30.3 Å². The molecule has 12 heteroatoms.